The van der Waals surface area contributed by atoms with Gasteiger partial charge in [0.15, 0.2) is 0 Å². The summed E-state index contributed by atoms with van der Waals surface area (Å²) in [6.45, 7) is 4.11. The van der Waals surface area contributed by atoms with E-state index in [4.69, 9.17) is 16.3 Å². The molecule has 8 heteroatoms. The van der Waals surface area contributed by atoms with Crippen LogP contribution in [0.15, 0.2) is 42.5 Å². The number of nitrogens with zero attached hydrogens (tertiary/aromatic N) is 1. The van der Waals surface area contributed by atoms with Crippen molar-refractivity contribution in [3.05, 3.63) is 58.6 Å². The van der Waals surface area contributed by atoms with E-state index in [1.165, 1.54) is 6.07 Å². The van der Waals surface area contributed by atoms with Crippen molar-refractivity contribution in [2.45, 2.75) is 20.4 Å². The highest BCUT2D eigenvalue weighted by Crippen LogP contribution is 2.24. The molecule has 0 aromatic heterocycles. The van der Waals surface area contributed by atoms with Gasteiger partial charge in [0.05, 0.1) is 18.6 Å². The Kier molecular flexibility index (Phi) is 7.10. The number of nitrogens with one attached hydrogen (secondary N) is 1. The van der Waals surface area contributed by atoms with Gasteiger partial charge < -0.3 is 10.1 Å². The zero-order valence-electron chi connectivity index (χ0n) is 15.5. The molecule has 27 heavy (non-hydrogen) atoms. The minimum atomic E-state index is -3.65. The van der Waals surface area contributed by atoms with E-state index in [1.54, 1.807) is 12.1 Å². The molecule has 2 aromatic carbocycles. The summed E-state index contributed by atoms with van der Waals surface area (Å²) >= 11 is 6.10. The van der Waals surface area contributed by atoms with E-state index in [2.05, 4.69) is 5.32 Å². The van der Waals surface area contributed by atoms with E-state index in [0.29, 0.717) is 23.1 Å². The van der Waals surface area contributed by atoms with Gasteiger partial charge in [0.2, 0.25) is 15.9 Å². The molecule has 0 saturated heterocycles. The maximum Gasteiger partial charge on any atom is 0.241 e. The maximum atomic E-state index is 12.4. The number of para-hydroxylation sites is 1. The molecule has 1 amide bonds. The van der Waals surface area contributed by atoms with Gasteiger partial charge in [0.1, 0.15) is 12.3 Å². The number of carbonyl (C=O) groups excluding carboxylic acids is 1. The summed E-state index contributed by atoms with van der Waals surface area (Å²) in [7, 11) is -3.65. The van der Waals surface area contributed by atoms with Gasteiger partial charge in [0, 0.05) is 17.1 Å². The second kappa shape index (κ2) is 9.10. The normalized spacial score (nSPS) is 11.1. The average Bonchev–Trinajstić information content (AvgIpc) is 2.61. The standard InChI is InChI=1S/C19H23ClN2O4S/c1-4-26-18-8-6-5-7-15(18)12-21-19(23)13-22(27(3,24)25)16-10-9-14(2)17(20)11-16/h5-11H,4,12-13H2,1-3H3,(H,21,23). The molecule has 0 bridgehead atoms. The molecule has 0 fully saturated rings. The Morgan fingerprint density at radius 2 is 1.93 bits per heavy atom. The molecule has 0 aliphatic rings. The minimum absolute atomic E-state index is 0.237. The Hall–Kier alpha value is -2.25. The van der Waals surface area contributed by atoms with Crippen LogP contribution in [0, 0.1) is 6.92 Å². The van der Waals surface area contributed by atoms with Gasteiger partial charge in [-0.15, -0.1) is 0 Å². The highest BCUT2D eigenvalue weighted by molar-refractivity contribution is 7.92. The first-order valence-corrected chi connectivity index (χ1v) is 10.7. The molecule has 0 heterocycles. The second-order valence-corrected chi connectivity index (χ2v) is 8.33. The molecule has 0 atom stereocenters. The molecule has 6 nitrogen and oxygen atoms in total. The van der Waals surface area contributed by atoms with Crippen molar-refractivity contribution >= 4 is 33.2 Å². The van der Waals surface area contributed by atoms with Crippen LogP contribution in [0.25, 0.3) is 0 Å². The van der Waals surface area contributed by atoms with Crippen molar-refractivity contribution in [1.82, 2.24) is 5.32 Å². The van der Waals surface area contributed by atoms with Crippen molar-refractivity contribution in [3.63, 3.8) is 0 Å². The molecular formula is C19H23ClN2O4S. The quantitative estimate of drug-likeness (QED) is 0.725. The lowest BCUT2D eigenvalue weighted by molar-refractivity contribution is -0.119. The summed E-state index contributed by atoms with van der Waals surface area (Å²) in [5, 5.41) is 3.18. The van der Waals surface area contributed by atoms with Crippen molar-refractivity contribution in [3.8, 4) is 5.75 Å². The zero-order chi connectivity index (χ0) is 20.0. The van der Waals surface area contributed by atoms with Gasteiger partial charge in [-0.3, -0.25) is 9.10 Å². The Morgan fingerprint density at radius 3 is 2.56 bits per heavy atom. The molecule has 0 aliphatic carbocycles. The van der Waals surface area contributed by atoms with Gasteiger partial charge in [-0.2, -0.15) is 0 Å². The van der Waals surface area contributed by atoms with Crippen LogP contribution in [-0.2, 0) is 21.4 Å². The predicted octanol–water partition coefficient (Wildman–Crippen LogP) is 3.13. The van der Waals surface area contributed by atoms with Crippen LogP contribution < -0.4 is 14.4 Å². The first-order valence-electron chi connectivity index (χ1n) is 8.43. The van der Waals surface area contributed by atoms with Crippen LogP contribution in [0.1, 0.15) is 18.1 Å². The fraction of sp³-hybridized carbons (Fsp3) is 0.316. The molecule has 146 valence electrons. The fourth-order valence-corrected chi connectivity index (χ4v) is 3.49. The van der Waals surface area contributed by atoms with Gasteiger partial charge in [-0.1, -0.05) is 35.9 Å². The lowest BCUT2D eigenvalue weighted by Crippen LogP contribution is -2.40. The number of rotatable bonds is 8. The van der Waals surface area contributed by atoms with Crippen LogP contribution in [0.5, 0.6) is 5.75 Å². The first-order chi connectivity index (χ1) is 12.7. The zero-order valence-corrected chi connectivity index (χ0v) is 17.1. The Balaban J connectivity index is 2.12. The summed E-state index contributed by atoms with van der Waals surface area (Å²) in [4.78, 5) is 12.4. The van der Waals surface area contributed by atoms with E-state index >= 15 is 0 Å². The second-order valence-electron chi connectivity index (χ2n) is 6.02. The van der Waals surface area contributed by atoms with Crippen LogP contribution in [0.3, 0.4) is 0 Å². The van der Waals surface area contributed by atoms with E-state index < -0.39 is 15.9 Å². The van der Waals surface area contributed by atoms with Crippen molar-refractivity contribution in [1.29, 1.82) is 0 Å². The summed E-state index contributed by atoms with van der Waals surface area (Å²) in [6.07, 6.45) is 1.05. The summed E-state index contributed by atoms with van der Waals surface area (Å²) < 4.78 is 30.9. The molecule has 2 aromatic rings. The maximum absolute atomic E-state index is 12.4. The number of benzene rings is 2. The number of hydrogen-bond donors (Lipinski definition) is 1. The Morgan fingerprint density at radius 1 is 1.22 bits per heavy atom. The lowest BCUT2D eigenvalue weighted by Gasteiger charge is -2.22. The minimum Gasteiger partial charge on any atom is -0.494 e. The van der Waals surface area contributed by atoms with Gasteiger partial charge >= 0.3 is 0 Å². The number of aryl methyl sites for hydroxylation is 1. The largest absolute Gasteiger partial charge is 0.494 e. The van der Waals surface area contributed by atoms with Gasteiger partial charge in [-0.25, -0.2) is 8.42 Å². The van der Waals surface area contributed by atoms with Crippen LogP contribution in [-0.4, -0.2) is 33.7 Å². The highest BCUT2D eigenvalue weighted by Gasteiger charge is 2.21. The smallest absolute Gasteiger partial charge is 0.241 e. The van der Waals surface area contributed by atoms with E-state index in [-0.39, 0.29) is 13.1 Å². The third-order valence-electron chi connectivity index (χ3n) is 3.88. The molecule has 0 spiro atoms. The van der Waals surface area contributed by atoms with Crippen molar-refractivity contribution in [2.75, 3.05) is 23.7 Å². The SMILES string of the molecule is CCOc1ccccc1CNC(=O)CN(c1ccc(C)c(Cl)c1)S(C)(=O)=O. The van der Waals surface area contributed by atoms with Crippen molar-refractivity contribution in [2.24, 2.45) is 0 Å². The molecular weight excluding hydrogens is 388 g/mol. The monoisotopic (exact) mass is 410 g/mol. The topological polar surface area (TPSA) is 75.7 Å². The fourth-order valence-electron chi connectivity index (χ4n) is 2.46. The molecule has 1 N–H and O–H groups in total. The number of carbonyl (C=O) groups is 1. The van der Waals surface area contributed by atoms with Crippen LogP contribution in [0.2, 0.25) is 5.02 Å². The molecule has 0 radical (unpaired) electrons. The number of ether oxygens (including phenoxy) is 1. The number of sulfonamides is 1. The third kappa shape index (κ3) is 5.87. The Bertz CT molecular complexity index is 916. The molecule has 0 aliphatic heterocycles. The van der Waals surface area contributed by atoms with Gasteiger partial charge in [0.25, 0.3) is 0 Å². The summed E-state index contributed by atoms with van der Waals surface area (Å²) in [5.41, 5.74) is 1.99. The van der Waals surface area contributed by atoms with Crippen LogP contribution in [0.4, 0.5) is 5.69 Å². The van der Waals surface area contributed by atoms with Crippen molar-refractivity contribution < 1.29 is 17.9 Å². The number of hydrogen-bond acceptors (Lipinski definition) is 4. The number of amides is 1. The molecule has 0 unspecified atom stereocenters. The molecule has 0 saturated carbocycles. The Labute approximate surface area is 165 Å². The highest BCUT2D eigenvalue weighted by atomic mass is 35.5. The predicted molar refractivity (Wildman–Crippen MR) is 108 cm³/mol. The summed E-state index contributed by atoms with van der Waals surface area (Å²) in [6, 6.07) is 12.2. The third-order valence-corrected chi connectivity index (χ3v) is 5.43. The lowest BCUT2D eigenvalue weighted by atomic mass is 10.2. The van der Waals surface area contributed by atoms with E-state index in [0.717, 1.165) is 21.7 Å². The first kappa shape index (κ1) is 21.1. The number of anilines is 1. The van der Waals surface area contributed by atoms with E-state index in [1.807, 2.05) is 38.1 Å². The van der Waals surface area contributed by atoms with E-state index in [9.17, 15) is 13.2 Å². The molecule has 2 rings (SSSR count). The number of halogens is 1. The average molecular weight is 411 g/mol. The van der Waals surface area contributed by atoms with Gasteiger partial charge in [-0.05, 0) is 37.6 Å². The summed E-state index contributed by atoms with van der Waals surface area (Å²) in [5.74, 6) is 0.258. The van der Waals surface area contributed by atoms with Crippen LogP contribution >= 0.6 is 11.6 Å².